The highest BCUT2D eigenvalue weighted by Gasteiger charge is 2.30. The maximum Gasteiger partial charge on any atom is 0.405 e. The molecule has 0 radical (unpaired) electrons. The molecule has 0 aliphatic heterocycles. The molecule has 0 saturated heterocycles. The third-order valence-corrected chi connectivity index (χ3v) is 3.52. The summed E-state index contributed by atoms with van der Waals surface area (Å²) in [7, 11) is 0. The van der Waals surface area contributed by atoms with Crippen molar-refractivity contribution in [1.29, 1.82) is 0 Å². The van der Waals surface area contributed by atoms with Crippen molar-refractivity contribution in [2.24, 2.45) is 0 Å². The highest BCUT2D eigenvalue weighted by molar-refractivity contribution is 8.00. The second-order valence-corrected chi connectivity index (χ2v) is 5.68. The molecule has 9 heteroatoms. The van der Waals surface area contributed by atoms with E-state index in [-0.39, 0.29) is 0 Å². The van der Waals surface area contributed by atoms with Crippen molar-refractivity contribution in [3.8, 4) is 0 Å². The molecule has 2 N–H and O–H groups in total. The van der Waals surface area contributed by atoms with Crippen LogP contribution in [0.25, 0.3) is 0 Å². The van der Waals surface area contributed by atoms with Crippen LogP contribution in [0.15, 0.2) is 5.16 Å². The molecule has 1 heterocycles. The normalized spacial score (nSPS) is 17.3. The molecule has 1 saturated carbocycles. The van der Waals surface area contributed by atoms with Crippen LogP contribution in [0.3, 0.4) is 0 Å². The van der Waals surface area contributed by atoms with Gasteiger partial charge in [0, 0.05) is 5.92 Å². The first-order valence-electron chi connectivity index (χ1n) is 5.78. The largest absolute Gasteiger partial charge is 0.405 e. The van der Waals surface area contributed by atoms with Crippen LogP contribution in [0, 0.1) is 0 Å². The Kier molecular flexibility index (Phi) is 4.02. The Hall–Kier alpha value is -1.25. The summed E-state index contributed by atoms with van der Waals surface area (Å²) in [4.78, 5) is 15.6. The van der Waals surface area contributed by atoms with Crippen LogP contribution in [0.4, 0.5) is 13.2 Å². The molecule has 1 amide bonds. The van der Waals surface area contributed by atoms with Gasteiger partial charge >= 0.3 is 6.18 Å². The van der Waals surface area contributed by atoms with E-state index in [1.54, 1.807) is 0 Å². The minimum Gasteiger partial charge on any atom is -0.346 e. The summed E-state index contributed by atoms with van der Waals surface area (Å²) in [6.45, 7) is 0.196. The average Bonchev–Trinajstić information content (AvgIpc) is 3.06. The SMILES string of the molecule is CC(Sc1n[nH]c(C2CC2)n1)C(=O)NCC(F)(F)F. The van der Waals surface area contributed by atoms with Crippen LogP contribution in [0.2, 0.25) is 0 Å². The molecule has 1 aliphatic rings. The lowest BCUT2D eigenvalue weighted by Gasteiger charge is -2.11. The van der Waals surface area contributed by atoms with Crippen LogP contribution in [-0.2, 0) is 4.79 Å². The second-order valence-electron chi connectivity index (χ2n) is 4.37. The highest BCUT2D eigenvalue weighted by Crippen LogP contribution is 2.38. The topological polar surface area (TPSA) is 70.7 Å². The van der Waals surface area contributed by atoms with Crippen molar-refractivity contribution >= 4 is 17.7 Å². The lowest BCUT2D eigenvalue weighted by molar-refractivity contribution is -0.137. The van der Waals surface area contributed by atoms with E-state index >= 15 is 0 Å². The monoisotopic (exact) mass is 294 g/mol. The maximum atomic E-state index is 12.0. The number of halogens is 3. The fraction of sp³-hybridized carbons (Fsp3) is 0.700. The van der Waals surface area contributed by atoms with Crippen molar-refractivity contribution in [1.82, 2.24) is 20.5 Å². The molecular formula is C10H13F3N4OS. The zero-order valence-electron chi connectivity index (χ0n) is 10.1. The molecule has 0 spiro atoms. The molecular weight excluding hydrogens is 281 g/mol. The number of carbonyl (C=O) groups is 1. The quantitative estimate of drug-likeness (QED) is 0.813. The van der Waals surface area contributed by atoms with E-state index in [9.17, 15) is 18.0 Å². The number of alkyl halides is 3. The minimum atomic E-state index is -4.40. The highest BCUT2D eigenvalue weighted by atomic mass is 32.2. The summed E-state index contributed by atoms with van der Waals surface area (Å²) in [6, 6.07) is 0. The van der Waals surface area contributed by atoms with E-state index in [2.05, 4.69) is 15.2 Å². The fourth-order valence-corrected chi connectivity index (χ4v) is 2.15. The number of thioether (sulfide) groups is 1. The van der Waals surface area contributed by atoms with Gasteiger partial charge in [0.05, 0.1) is 5.25 Å². The van der Waals surface area contributed by atoms with Crippen molar-refractivity contribution in [2.75, 3.05) is 6.54 Å². The number of hydrogen-bond acceptors (Lipinski definition) is 4. The molecule has 1 aromatic rings. The van der Waals surface area contributed by atoms with Gasteiger partial charge in [-0.1, -0.05) is 11.8 Å². The lowest BCUT2D eigenvalue weighted by Crippen LogP contribution is -2.38. The minimum absolute atomic E-state index is 0.386. The molecule has 0 bridgehead atoms. The number of nitrogens with zero attached hydrogens (tertiary/aromatic N) is 2. The van der Waals surface area contributed by atoms with Crippen LogP contribution < -0.4 is 5.32 Å². The molecule has 1 atom stereocenters. The van der Waals surface area contributed by atoms with Crippen molar-refractivity contribution in [2.45, 2.75) is 42.3 Å². The predicted octanol–water partition coefficient (Wildman–Crippen LogP) is 1.84. The predicted molar refractivity (Wildman–Crippen MR) is 62.7 cm³/mol. The summed E-state index contributed by atoms with van der Waals surface area (Å²) in [6.07, 6.45) is -2.26. The van der Waals surface area contributed by atoms with Gasteiger partial charge in [0.25, 0.3) is 0 Å². The summed E-state index contributed by atoms with van der Waals surface area (Å²) in [5.74, 6) is 0.515. The van der Waals surface area contributed by atoms with Gasteiger partial charge in [-0.05, 0) is 19.8 Å². The van der Waals surface area contributed by atoms with E-state index < -0.39 is 23.9 Å². The Morgan fingerprint density at radius 1 is 1.58 bits per heavy atom. The summed E-state index contributed by atoms with van der Waals surface area (Å²) < 4.78 is 35.9. The number of amides is 1. The van der Waals surface area contributed by atoms with E-state index in [0.29, 0.717) is 11.1 Å². The molecule has 106 valence electrons. The Morgan fingerprint density at radius 3 is 2.84 bits per heavy atom. The zero-order chi connectivity index (χ0) is 14.0. The molecule has 5 nitrogen and oxygen atoms in total. The van der Waals surface area contributed by atoms with E-state index in [0.717, 1.165) is 30.4 Å². The van der Waals surface area contributed by atoms with Crippen molar-refractivity contribution < 1.29 is 18.0 Å². The molecule has 1 aliphatic carbocycles. The number of aromatic nitrogens is 3. The zero-order valence-corrected chi connectivity index (χ0v) is 10.9. The maximum absolute atomic E-state index is 12.0. The standard InChI is InChI=1S/C10H13F3N4OS/c1-5(8(18)14-4-10(11,12)13)19-9-15-7(16-17-9)6-2-3-6/h5-6H,2-4H2,1H3,(H,14,18)(H,15,16,17). The summed E-state index contributed by atoms with van der Waals surface area (Å²) in [5, 5.41) is 8.25. The Bertz CT molecular complexity index is 458. The first kappa shape index (κ1) is 14.2. The molecule has 1 fully saturated rings. The van der Waals surface area contributed by atoms with Crippen LogP contribution in [0.5, 0.6) is 0 Å². The van der Waals surface area contributed by atoms with Crippen LogP contribution in [-0.4, -0.2) is 39.1 Å². The first-order valence-corrected chi connectivity index (χ1v) is 6.66. The van der Waals surface area contributed by atoms with Crippen LogP contribution >= 0.6 is 11.8 Å². The van der Waals surface area contributed by atoms with E-state index in [4.69, 9.17) is 0 Å². The van der Waals surface area contributed by atoms with E-state index in [1.165, 1.54) is 6.92 Å². The van der Waals surface area contributed by atoms with Gasteiger partial charge in [0.1, 0.15) is 12.4 Å². The number of rotatable bonds is 5. The van der Waals surface area contributed by atoms with Gasteiger partial charge in [0.15, 0.2) is 0 Å². The van der Waals surface area contributed by atoms with Gasteiger partial charge in [-0.3, -0.25) is 9.89 Å². The van der Waals surface area contributed by atoms with Gasteiger partial charge in [-0.2, -0.15) is 13.2 Å². The Balaban J connectivity index is 1.81. The summed E-state index contributed by atoms with van der Waals surface area (Å²) in [5.41, 5.74) is 0. The van der Waals surface area contributed by atoms with Gasteiger partial charge in [-0.25, -0.2) is 4.98 Å². The fourth-order valence-electron chi connectivity index (χ4n) is 1.39. The third kappa shape index (κ3) is 4.41. The van der Waals surface area contributed by atoms with Gasteiger partial charge in [-0.15, -0.1) is 5.10 Å². The summed E-state index contributed by atoms with van der Waals surface area (Å²) >= 11 is 1.04. The third-order valence-electron chi connectivity index (χ3n) is 2.56. The van der Waals surface area contributed by atoms with Crippen LogP contribution in [0.1, 0.15) is 31.5 Å². The van der Waals surface area contributed by atoms with E-state index in [1.807, 2.05) is 5.32 Å². The van der Waals surface area contributed by atoms with Crippen molar-refractivity contribution in [3.63, 3.8) is 0 Å². The lowest BCUT2D eigenvalue weighted by atomic mass is 10.4. The van der Waals surface area contributed by atoms with Crippen molar-refractivity contribution in [3.05, 3.63) is 5.82 Å². The number of H-pyrrole nitrogens is 1. The van der Waals surface area contributed by atoms with Gasteiger partial charge in [0.2, 0.25) is 11.1 Å². The molecule has 1 unspecified atom stereocenters. The molecule has 19 heavy (non-hydrogen) atoms. The molecule has 2 rings (SSSR count). The first-order chi connectivity index (χ1) is 8.85. The average molecular weight is 294 g/mol. The number of aromatic amines is 1. The van der Waals surface area contributed by atoms with Gasteiger partial charge < -0.3 is 5.32 Å². The molecule has 0 aromatic carbocycles. The second kappa shape index (κ2) is 5.40. The number of nitrogens with one attached hydrogen (secondary N) is 2. The smallest absolute Gasteiger partial charge is 0.346 e. The number of carbonyl (C=O) groups excluding carboxylic acids is 1. The Labute approximate surface area is 111 Å². The number of hydrogen-bond donors (Lipinski definition) is 2. The molecule has 1 aromatic heterocycles. The Morgan fingerprint density at radius 2 is 2.26 bits per heavy atom.